The van der Waals surface area contributed by atoms with E-state index in [0.29, 0.717) is 16.7 Å². The molecule has 0 aliphatic carbocycles. The van der Waals surface area contributed by atoms with Crippen molar-refractivity contribution in [2.45, 2.75) is 0 Å². The summed E-state index contributed by atoms with van der Waals surface area (Å²) in [4.78, 5) is 22.6. The molecule has 0 aliphatic rings. The van der Waals surface area contributed by atoms with Crippen LogP contribution in [0.3, 0.4) is 0 Å². The number of ether oxygens (including phenoxy) is 2. The highest BCUT2D eigenvalue weighted by atomic mass is 35.5. The summed E-state index contributed by atoms with van der Waals surface area (Å²) in [7, 11) is 1.27. The van der Waals surface area contributed by atoms with E-state index in [1.54, 1.807) is 6.07 Å². The van der Waals surface area contributed by atoms with Crippen LogP contribution in [-0.4, -0.2) is 19.7 Å². The molecule has 2 rings (SSSR count). The van der Waals surface area contributed by atoms with Gasteiger partial charge in [-0.2, -0.15) is 0 Å². The lowest BCUT2D eigenvalue weighted by molar-refractivity contribution is -0.142. The summed E-state index contributed by atoms with van der Waals surface area (Å²) in [6, 6.07) is 4.59. The molecule has 0 aliphatic heterocycles. The largest absolute Gasteiger partial charge is 0.482 e. The lowest BCUT2D eigenvalue weighted by atomic mass is 10.2. The number of benzene rings is 1. The van der Waals surface area contributed by atoms with E-state index in [0.717, 1.165) is 6.26 Å². The minimum atomic E-state index is -0.493. The fourth-order valence-corrected chi connectivity index (χ4v) is 1.52. The molecule has 2 aromatic rings. The number of fused-ring (bicyclic) bond motifs is 1. The molecule has 0 fully saturated rings. The maximum Gasteiger partial charge on any atom is 0.343 e. The Morgan fingerprint density at radius 3 is 2.94 bits per heavy atom. The number of esters is 1. The monoisotopic (exact) mass is 268 g/mol. The van der Waals surface area contributed by atoms with Crippen LogP contribution < -0.4 is 10.2 Å². The van der Waals surface area contributed by atoms with Gasteiger partial charge in [0.05, 0.1) is 12.5 Å². The molecule has 0 spiro atoms. The first-order valence-electron chi connectivity index (χ1n) is 5.02. The molecule has 1 aromatic carbocycles. The van der Waals surface area contributed by atoms with Crippen LogP contribution in [-0.2, 0) is 9.53 Å². The van der Waals surface area contributed by atoms with Crippen LogP contribution in [0.4, 0.5) is 0 Å². The summed E-state index contributed by atoms with van der Waals surface area (Å²) in [5.41, 5.74) is 0.0317. The highest BCUT2D eigenvalue weighted by Gasteiger charge is 2.07. The van der Waals surface area contributed by atoms with Gasteiger partial charge in [-0.1, -0.05) is 11.6 Å². The van der Waals surface area contributed by atoms with Gasteiger partial charge in [-0.25, -0.2) is 4.79 Å². The Balaban J connectivity index is 2.31. The van der Waals surface area contributed by atoms with E-state index in [9.17, 15) is 9.59 Å². The molecule has 1 aromatic heterocycles. The quantitative estimate of drug-likeness (QED) is 0.797. The molecule has 1 heterocycles. The van der Waals surface area contributed by atoms with E-state index < -0.39 is 5.97 Å². The molecule has 0 atom stereocenters. The lowest BCUT2D eigenvalue weighted by Gasteiger charge is -2.05. The number of hydrogen-bond acceptors (Lipinski definition) is 5. The van der Waals surface area contributed by atoms with Crippen LogP contribution >= 0.6 is 11.6 Å². The van der Waals surface area contributed by atoms with Gasteiger partial charge < -0.3 is 13.9 Å². The smallest absolute Gasteiger partial charge is 0.343 e. The summed E-state index contributed by atoms with van der Waals surface area (Å²) in [5, 5.41) is 0.374. The second-order valence-corrected chi connectivity index (χ2v) is 3.84. The van der Waals surface area contributed by atoms with Crippen molar-refractivity contribution in [1.82, 2.24) is 0 Å². The van der Waals surface area contributed by atoms with Crippen molar-refractivity contribution >= 4 is 28.5 Å². The number of hydrogen-bond donors (Lipinski definition) is 0. The summed E-state index contributed by atoms with van der Waals surface area (Å²) in [6.07, 6.45) is 1.16. The average molecular weight is 269 g/mol. The van der Waals surface area contributed by atoms with Crippen molar-refractivity contribution in [3.05, 3.63) is 39.7 Å². The Morgan fingerprint density at radius 1 is 1.44 bits per heavy atom. The van der Waals surface area contributed by atoms with E-state index in [4.69, 9.17) is 20.8 Å². The van der Waals surface area contributed by atoms with Crippen LogP contribution in [0, 0.1) is 0 Å². The molecule has 0 unspecified atom stereocenters. The molecule has 18 heavy (non-hydrogen) atoms. The van der Waals surface area contributed by atoms with Crippen molar-refractivity contribution in [3.63, 3.8) is 0 Å². The molecule has 0 amide bonds. The minimum absolute atomic E-state index is 0.0192. The normalized spacial score (nSPS) is 10.3. The van der Waals surface area contributed by atoms with Crippen molar-refractivity contribution in [2.24, 2.45) is 0 Å². The predicted molar refractivity (Wildman–Crippen MR) is 65.0 cm³/mol. The van der Waals surface area contributed by atoms with Gasteiger partial charge >= 0.3 is 5.97 Å². The van der Waals surface area contributed by atoms with Gasteiger partial charge in [0, 0.05) is 6.07 Å². The Hall–Kier alpha value is -2.01. The summed E-state index contributed by atoms with van der Waals surface area (Å²) in [5.74, 6) is -0.0916. The van der Waals surface area contributed by atoms with E-state index >= 15 is 0 Å². The second-order valence-electron chi connectivity index (χ2n) is 3.44. The fourth-order valence-electron chi connectivity index (χ4n) is 1.38. The van der Waals surface area contributed by atoms with Crippen LogP contribution in [0.5, 0.6) is 5.75 Å². The van der Waals surface area contributed by atoms with Gasteiger partial charge in [0.25, 0.3) is 0 Å². The molecule has 0 radical (unpaired) electrons. The third kappa shape index (κ3) is 2.46. The maximum atomic E-state index is 11.6. The SMILES string of the molecule is COC(=O)COc1ccc2c(=O)c(Cl)coc2c1. The summed E-state index contributed by atoms with van der Waals surface area (Å²) in [6.45, 7) is -0.209. The van der Waals surface area contributed by atoms with Crippen molar-refractivity contribution in [2.75, 3.05) is 13.7 Å². The van der Waals surface area contributed by atoms with Crippen LogP contribution in [0.15, 0.2) is 33.7 Å². The number of methoxy groups -OCH3 is 1. The third-order valence-corrected chi connectivity index (χ3v) is 2.55. The Kier molecular flexibility index (Phi) is 3.53. The van der Waals surface area contributed by atoms with Crippen LogP contribution in [0.2, 0.25) is 5.02 Å². The zero-order chi connectivity index (χ0) is 13.1. The predicted octanol–water partition coefficient (Wildman–Crippen LogP) is 2.00. The maximum absolute atomic E-state index is 11.6. The first-order valence-corrected chi connectivity index (χ1v) is 5.40. The van der Waals surface area contributed by atoms with Gasteiger partial charge in [-0.3, -0.25) is 4.79 Å². The molecule has 6 heteroatoms. The molecular weight excluding hydrogens is 260 g/mol. The molecule has 0 N–H and O–H groups in total. The van der Waals surface area contributed by atoms with Gasteiger partial charge in [0.15, 0.2) is 6.61 Å². The Labute approximate surface area is 107 Å². The standard InChI is InChI=1S/C12H9ClO5/c1-16-11(14)6-17-7-2-3-8-10(4-7)18-5-9(13)12(8)15/h2-5H,6H2,1H3. The second kappa shape index (κ2) is 5.10. The summed E-state index contributed by atoms with van der Waals surface area (Å²) < 4.78 is 14.8. The Morgan fingerprint density at radius 2 is 2.22 bits per heavy atom. The van der Waals surface area contributed by atoms with Crippen molar-refractivity contribution in [3.8, 4) is 5.75 Å². The van der Waals surface area contributed by atoms with Gasteiger partial charge in [-0.15, -0.1) is 0 Å². The van der Waals surface area contributed by atoms with Crippen LogP contribution in [0.1, 0.15) is 0 Å². The highest BCUT2D eigenvalue weighted by molar-refractivity contribution is 6.30. The summed E-state index contributed by atoms with van der Waals surface area (Å²) >= 11 is 5.65. The highest BCUT2D eigenvalue weighted by Crippen LogP contribution is 2.20. The van der Waals surface area contributed by atoms with Crippen LogP contribution in [0.25, 0.3) is 11.0 Å². The van der Waals surface area contributed by atoms with Gasteiger partial charge in [-0.05, 0) is 12.1 Å². The first-order chi connectivity index (χ1) is 8.61. The molecule has 0 saturated carbocycles. The number of carbonyl (C=O) groups is 1. The molecule has 94 valence electrons. The number of halogens is 1. The van der Waals surface area contributed by atoms with E-state index in [1.807, 2.05) is 0 Å². The van der Waals surface area contributed by atoms with Gasteiger partial charge in [0.1, 0.15) is 22.6 Å². The fraction of sp³-hybridized carbons (Fsp3) is 0.167. The van der Waals surface area contributed by atoms with E-state index in [1.165, 1.54) is 19.2 Å². The molecule has 5 nitrogen and oxygen atoms in total. The van der Waals surface area contributed by atoms with E-state index in [2.05, 4.69) is 4.74 Å². The molecule has 0 bridgehead atoms. The van der Waals surface area contributed by atoms with Crippen molar-refractivity contribution in [1.29, 1.82) is 0 Å². The lowest BCUT2D eigenvalue weighted by Crippen LogP contribution is -2.12. The van der Waals surface area contributed by atoms with E-state index in [-0.39, 0.29) is 17.1 Å². The molecular formula is C12H9ClO5. The minimum Gasteiger partial charge on any atom is -0.482 e. The number of rotatable bonds is 3. The Bertz CT molecular complexity index is 646. The van der Waals surface area contributed by atoms with Gasteiger partial charge in [0.2, 0.25) is 5.43 Å². The first kappa shape index (κ1) is 12.4. The topological polar surface area (TPSA) is 65.7 Å². The molecule has 0 saturated heterocycles. The third-order valence-electron chi connectivity index (χ3n) is 2.29. The number of carbonyl (C=O) groups excluding carboxylic acids is 1. The zero-order valence-corrected chi connectivity index (χ0v) is 10.2. The zero-order valence-electron chi connectivity index (χ0n) is 9.44. The average Bonchev–Trinajstić information content (AvgIpc) is 2.40. The van der Waals surface area contributed by atoms with Crippen molar-refractivity contribution < 1.29 is 18.7 Å².